The van der Waals surface area contributed by atoms with Crippen LogP contribution < -0.4 is 4.74 Å². The molecular formula is C14H12N2O3. The fourth-order valence-corrected chi connectivity index (χ4v) is 1.51. The van der Waals surface area contributed by atoms with Gasteiger partial charge in [-0.1, -0.05) is 24.1 Å². The van der Waals surface area contributed by atoms with E-state index in [1.165, 1.54) is 10.9 Å². The summed E-state index contributed by atoms with van der Waals surface area (Å²) in [4.78, 5) is 11.1. The molecule has 0 aliphatic rings. The van der Waals surface area contributed by atoms with Crippen molar-refractivity contribution in [2.24, 2.45) is 0 Å². The molecule has 0 radical (unpaired) electrons. The summed E-state index contributed by atoms with van der Waals surface area (Å²) in [5.74, 6) is 4.46. The third-order valence-corrected chi connectivity index (χ3v) is 2.38. The Bertz CT molecular complexity index is 636. The standard InChI is InChI=1S/C14H12N2O3/c1-2-3-9-19-12-10-16(15-13(12)14(17)18)11-7-5-4-6-8-11/h4-8,10H,9H2,1H3,(H,17,18). The highest BCUT2D eigenvalue weighted by Gasteiger charge is 2.17. The van der Waals surface area contributed by atoms with Gasteiger partial charge in [0.15, 0.2) is 5.75 Å². The van der Waals surface area contributed by atoms with Crippen molar-refractivity contribution in [2.75, 3.05) is 6.61 Å². The molecule has 0 fully saturated rings. The molecule has 0 atom stereocenters. The smallest absolute Gasteiger partial charge is 0.360 e. The molecule has 2 rings (SSSR count). The summed E-state index contributed by atoms with van der Waals surface area (Å²) in [7, 11) is 0. The second kappa shape index (κ2) is 5.74. The van der Waals surface area contributed by atoms with Gasteiger partial charge in [-0.15, -0.1) is 5.92 Å². The zero-order valence-corrected chi connectivity index (χ0v) is 10.3. The van der Waals surface area contributed by atoms with Crippen molar-refractivity contribution in [1.29, 1.82) is 0 Å². The molecule has 1 heterocycles. The zero-order chi connectivity index (χ0) is 13.7. The third-order valence-electron chi connectivity index (χ3n) is 2.38. The molecule has 1 aromatic carbocycles. The number of aromatic carboxylic acids is 1. The van der Waals surface area contributed by atoms with E-state index >= 15 is 0 Å². The van der Waals surface area contributed by atoms with Crippen LogP contribution in [0.2, 0.25) is 0 Å². The minimum absolute atomic E-state index is 0.123. The Labute approximate surface area is 110 Å². The van der Waals surface area contributed by atoms with Crippen molar-refractivity contribution in [1.82, 2.24) is 9.78 Å². The van der Waals surface area contributed by atoms with Crippen LogP contribution in [-0.2, 0) is 0 Å². The van der Waals surface area contributed by atoms with Gasteiger partial charge in [-0.05, 0) is 19.1 Å². The quantitative estimate of drug-likeness (QED) is 0.849. The summed E-state index contributed by atoms with van der Waals surface area (Å²) in [6, 6.07) is 9.23. The van der Waals surface area contributed by atoms with E-state index in [0.29, 0.717) is 0 Å². The van der Waals surface area contributed by atoms with Gasteiger partial charge in [-0.2, -0.15) is 5.10 Å². The number of rotatable bonds is 4. The maximum atomic E-state index is 11.1. The van der Waals surface area contributed by atoms with Crippen LogP contribution in [0.1, 0.15) is 17.4 Å². The van der Waals surface area contributed by atoms with Crippen LogP contribution in [0.15, 0.2) is 36.5 Å². The Morgan fingerprint density at radius 3 is 2.79 bits per heavy atom. The molecule has 0 saturated heterocycles. The van der Waals surface area contributed by atoms with E-state index in [4.69, 9.17) is 9.84 Å². The number of para-hydroxylation sites is 1. The van der Waals surface area contributed by atoms with Crippen LogP contribution in [0.5, 0.6) is 5.75 Å². The summed E-state index contributed by atoms with van der Waals surface area (Å²) < 4.78 is 6.77. The number of nitrogens with zero attached hydrogens (tertiary/aromatic N) is 2. The van der Waals surface area contributed by atoms with Crippen molar-refractivity contribution >= 4 is 5.97 Å². The lowest BCUT2D eigenvalue weighted by Crippen LogP contribution is -2.03. The Morgan fingerprint density at radius 1 is 1.42 bits per heavy atom. The normalized spacial score (nSPS) is 9.53. The fourth-order valence-electron chi connectivity index (χ4n) is 1.51. The van der Waals surface area contributed by atoms with Gasteiger partial charge in [0, 0.05) is 0 Å². The largest absolute Gasteiger partial charge is 0.477 e. The predicted octanol–water partition coefficient (Wildman–Crippen LogP) is 1.97. The number of benzene rings is 1. The van der Waals surface area contributed by atoms with Gasteiger partial charge in [0.2, 0.25) is 5.69 Å². The minimum atomic E-state index is -1.13. The number of carboxylic acids is 1. The van der Waals surface area contributed by atoms with E-state index < -0.39 is 5.97 Å². The van der Waals surface area contributed by atoms with Crippen molar-refractivity contribution in [3.8, 4) is 23.3 Å². The number of hydrogen-bond donors (Lipinski definition) is 1. The van der Waals surface area contributed by atoms with Crippen molar-refractivity contribution in [2.45, 2.75) is 6.92 Å². The lowest BCUT2D eigenvalue weighted by atomic mass is 10.3. The van der Waals surface area contributed by atoms with Crippen LogP contribution >= 0.6 is 0 Å². The van der Waals surface area contributed by atoms with E-state index in [9.17, 15) is 4.79 Å². The lowest BCUT2D eigenvalue weighted by Gasteiger charge is -1.99. The van der Waals surface area contributed by atoms with Crippen molar-refractivity contribution in [3.05, 3.63) is 42.2 Å². The number of carbonyl (C=O) groups is 1. The highest BCUT2D eigenvalue weighted by Crippen LogP contribution is 2.19. The summed E-state index contributed by atoms with van der Waals surface area (Å²) >= 11 is 0. The molecule has 0 saturated carbocycles. The van der Waals surface area contributed by atoms with Crippen LogP contribution in [-0.4, -0.2) is 27.5 Å². The third kappa shape index (κ3) is 2.93. The first-order valence-corrected chi connectivity index (χ1v) is 5.63. The molecule has 0 unspecified atom stereocenters. The van der Waals surface area contributed by atoms with E-state index in [2.05, 4.69) is 16.9 Å². The second-order valence-corrected chi connectivity index (χ2v) is 3.64. The molecule has 5 heteroatoms. The fraction of sp³-hybridized carbons (Fsp3) is 0.143. The van der Waals surface area contributed by atoms with Crippen LogP contribution in [0.3, 0.4) is 0 Å². The average Bonchev–Trinajstić information content (AvgIpc) is 2.84. The molecule has 0 spiro atoms. The maximum absolute atomic E-state index is 11.1. The molecule has 0 bridgehead atoms. The van der Waals surface area contributed by atoms with Gasteiger partial charge in [0.1, 0.15) is 6.61 Å². The first kappa shape index (κ1) is 12.7. The van der Waals surface area contributed by atoms with E-state index in [1.807, 2.05) is 30.3 Å². The zero-order valence-electron chi connectivity index (χ0n) is 10.3. The molecule has 0 amide bonds. The van der Waals surface area contributed by atoms with Crippen molar-refractivity contribution < 1.29 is 14.6 Å². The molecule has 96 valence electrons. The highest BCUT2D eigenvalue weighted by molar-refractivity contribution is 5.88. The average molecular weight is 256 g/mol. The number of aromatic nitrogens is 2. The molecule has 19 heavy (non-hydrogen) atoms. The molecule has 0 aliphatic carbocycles. The lowest BCUT2D eigenvalue weighted by molar-refractivity contribution is 0.0686. The predicted molar refractivity (Wildman–Crippen MR) is 69.5 cm³/mol. The second-order valence-electron chi connectivity index (χ2n) is 3.64. The Hall–Kier alpha value is -2.74. The number of hydrogen-bond acceptors (Lipinski definition) is 3. The summed E-state index contributed by atoms with van der Waals surface area (Å²) in [6.07, 6.45) is 1.54. The first-order chi connectivity index (χ1) is 9.22. The van der Waals surface area contributed by atoms with Gasteiger partial charge in [-0.3, -0.25) is 0 Å². The molecule has 0 aliphatic heterocycles. The van der Waals surface area contributed by atoms with Gasteiger partial charge in [0.25, 0.3) is 0 Å². The minimum Gasteiger partial charge on any atom is -0.477 e. The first-order valence-electron chi connectivity index (χ1n) is 5.63. The van der Waals surface area contributed by atoms with Crippen LogP contribution in [0.25, 0.3) is 5.69 Å². The number of carboxylic acid groups (broad SMARTS) is 1. The molecule has 5 nitrogen and oxygen atoms in total. The Kier molecular flexibility index (Phi) is 3.84. The van der Waals surface area contributed by atoms with Gasteiger partial charge in [-0.25, -0.2) is 9.48 Å². The topological polar surface area (TPSA) is 64.4 Å². The Morgan fingerprint density at radius 2 is 2.16 bits per heavy atom. The highest BCUT2D eigenvalue weighted by atomic mass is 16.5. The van der Waals surface area contributed by atoms with Gasteiger partial charge >= 0.3 is 5.97 Å². The monoisotopic (exact) mass is 256 g/mol. The molecule has 1 N–H and O–H groups in total. The SMILES string of the molecule is CC#CCOc1cn(-c2ccccc2)nc1C(=O)O. The van der Waals surface area contributed by atoms with Crippen LogP contribution in [0, 0.1) is 11.8 Å². The van der Waals surface area contributed by atoms with E-state index in [-0.39, 0.29) is 18.1 Å². The van der Waals surface area contributed by atoms with Gasteiger partial charge < -0.3 is 9.84 Å². The van der Waals surface area contributed by atoms with Gasteiger partial charge in [0.05, 0.1) is 11.9 Å². The molecule has 2 aromatic rings. The summed E-state index contributed by atoms with van der Waals surface area (Å²) in [5.41, 5.74) is 0.642. The molecule has 1 aromatic heterocycles. The van der Waals surface area contributed by atoms with Crippen molar-refractivity contribution in [3.63, 3.8) is 0 Å². The maximum Gasteiger partial charge on any atom is 0.360 e. The number of ether oxygens (including phenoxy) is 1. The molecular weight excluding hydrogens is 244 g/mol. The summed E-state index contributed by atoms with van der Waals surface area (Å²) in [5, 5.41) is 13.1. The van der Waals surface area contributed by atoms with E-state index in [1.54, 1.807) is 6.92 Å². The summed E-state index contributed by atoms with van der Waals surface area (Å²) in [6.45, 7) is 1.83. The van der Waals surface area contributed by atoms with E-state index in [0.717, 1.165) is 5.69 Å². The van der Waals surface area contributed by atoms with Crippen LogP contribution in [0.4, 0.5) is 0 Å². The Balaban J connectivity index is 2.34.